The molecule has 0 saturated heterocycles. The molecule has 0 spiro atoms. The van der Waals surface area contributed by atoms with E-state index in [1.807, 2.05) is 0 Å². The molecule has 0 heterocycles. The van der Waals surface area contributed by atoms with Gasteiger partial charge in [-0.25, -0.2) is 0 Å². The Labute approximate surface area is 382 Å². The molecule has 63 heavy (non-hydrogen) atoms. The zero-order chi connectivity index (χ0) is 45.5. The second kappa shape index (κ2) is 55.6. The van der Waals surface area contributed by atoms with Crippen LogP contribution in [-0.2, 0) is 66.3 Å². The van der Waals surface area contributed by atoms with Crippen LogP contribution in [0.3, 0.4) is 0 Å². The maximum absolute atomic E-state index is 8.65. The lowest BCUT2D eigenvalue weighted by Crippen LogP contribution is -2.49. The van der Waals surface area contributed by atoms with E-state index in [0.717, 1.165) is 24.1 Å². The van der Waals surface area contributed by atoms with E-state index in [1.165, 1.54) is 70.6 Å². The molecular weight excluding hydrogens is 822 g/mol. The number of hydrogen-bond acceptors (Lipinski definition) is 16. The highest BCUT2D eigenvalue weighted by atomic mass is 16.6. The lowest BCUT2D eigenvalue weighted by molar-refractivity contribution is -0.910. The Balaban J connectivity index is 3.95. The molecule has 0 bridgehead atoms. The van der Waals surface area contributed by atoms with Crippen molar-refractivity contribution in [3.63, 3.8) is 0 Å². The van der Waals surface area contributed by atoms with Gasteiger partial charge in [0.1, 0.15) is 13.1 Å². The van der Waals surface area contributed by atoms with Gasteiger partial charge in [-0.2, -0.15) is 0 Å². The molecule has 0 aromatic heterocycles. The number of likely N-dealkylation sites (N-methyl/N-ethyl adjacent to an activating group) is 1. The molecule has 0 aromatic rings. The Morgan fingerprint density at radius 3 is 0.651 bits per heavy atom. The first-order chi connectivity index (χ1) is 31.2. The smallest absolute Gasteiger partial charge is 0.102 e. The standard InChI is InChI=1S/C46H96NO16/c1-3-4-5-6-7-8-9-10-11-12-13-14-47(2,15-19-50-23-27-54-31-35-58-39-43-62-45-41-60-37-33-56-29-25-52-21-17-48)16-20-51-24-28-55-32-36-59-40-44-63-46-42-61-38-34-57-30-26-53-22-18-49/h48-49H,3-46H2,1-2H3/q+1. The number of ether oxygens (including phenoxy) is 14. The third-order valence-electron chi connectivity index (χ3n) is 9.79. The second-order valence-corrected chi connectivity index (χ2v) is 15.3. The summed E-state index contributed by atoms with van der Waals surface area (Å²) < 4.78 is 78.5. The molecule has 0 atom stereocenters. The topological polar surface area (TPSA) is 170 Å². The predicted molar refractivity (Wildman–Crippen MR) is 243 cm³/mol. The fourth-order valence-corrected chi connectivity index (χ4v) is 6.04. The molecule has 0 aliphatic rings. The highest BCUT2D eigenvalue weighted by Gasteiger charge is 2.21. The molecule has 0 fully saturated rings. The number of hydrogen-bond donors (Lipinski definition) is 2. The summed E-state index contributed by atoms with van der Waals surface area (Å²) >= 11 is 0. The van der Waals surface area contributed by atoms with Crippen molar-refractivity contribution in [2.45, 2.75) is 77.6 Å². The summed E-state index contributed by atoms with van der Waals surface area (Å²) in [5.41, 5.74) is 0. The highest BCUT2D eigenvalue weighted by Crippen LogP contribution is 2.13. The quantitative estimate of drug-likeness (QED) is 0.0664. The van der Waals surface area contributed by atoms with E-state index < -0.39 is 0 Å². The molecule has 0 aliphatic heterocycles. The van der Waals surface area contributed by atoms with Gasteiger partial charge in [-0.1, -0.05) is 64.7 Å². The van der Waals surface area contributed by atoms with Crippen molar-refractivity contribution in [1.82, 2.24) is 0 Å². The van der Waals surface area contributed by atoms with Gasteiger partial charge in [-0.15, -0.1) is 0 Å². The molecule has 2 N–H and O–H groups in total. The fourth-order valence-electron chi connectivity index (χ4n) is 6.04. The van der Waals surface area contributed by atoms with Crippen molar-refractivity contribution < 1.29 is 81.0 Å². The van der Waals surface area contributed by atoms with Crippen LogP contribution in [0.2, 0.25) is 0 Å². The van der Waals surface area contributed by atoms with Crippen LogP contribution in [-0.4, -0.2) is 240 Å². The fraction of sp³-hybridized carbons (Fsp3) is 1.00. The molecule has 0 aliphatic carbocycles. The Hall–Kier alpha value is -0.680. The van der Waals surface area contributed by atoms with Gasteiger partial charge >= 0.3 is 0 Å². The monoisotopic (exact) mass is 919 g/mol. The largest absolute Gasteiger partial charge is 0.394 e. The summed E-state index contributed by atoms with van der Waals surface area (Å²) in [6, 6.07) is 0. The van der Waals surface area contributed by atoms with Crippen molar-refractivity contribution in [3.05, 3.63) is 0 Å². The average Bonchev–Trinajstić information content (AvgIpc) is 3.29. The Morgan fingerprint density at radius 2 is 0.429 bits per heavy atom. The number of unbranched alkanes of at least 4 members (excludes halogenated alkanes) is 10. The lowest BCUT2D eigenvalue weighted by Gasteiger charge is -2.34. The molecule has 380 valence electrons. The number of aliphatic hydroxyl groups excluding tert-OH is 2. The summed E-state index contributed by atoms with van der Waals surface area (Å²) in [5.74, 6) is 0. The van der Waals surface area contributed by atoms with Crippen molar-refractivity contribution >= 4 is 0 Å². The minimum absolute atomic E-state index is 0.0241. The third kappa shape index (κ3) is 53.8. The van der Waals surface area contributed by atoms with Gasteiger partial charge in [0, 0.05) is 0 Å². The number of quaternary nitrogens is 1. The first-order valence-electron chi connectivity index (χ1n) is 24.3. The van der Waals surface area contributed by atoms with Gasteiger partial charge in [0.05, 0.1) is 212 Å². The summed E-state index contributed by atoms with van der Waals surface area (Å²) in [5, 5.41) is 17.3. The Morgan fingerprint density at radius 1 is 0.238 bits per heavy atom. The van der Waals surface area contributed by atoms with E-state index in [0.29, 0.717) is 185 Å². The van der Waals surface area contributed by atoms with Gasteiger partial charge in [0.2, 0.25) is 0 Å². The Kier molecular flexibility index (Phi) is 55.0. The highest BCUT2D eigenvalue weighted by molar-refractivity contribution is 4.50. The molecule has 17 nitrogen and oxygen atoms in total. The summed E-state index contributed by atoms with van der Waals surface area (Å²) in [6.45, 7) is 19.6. The zero-order valence-electron chi connectivity index (χ0n) is 40.2. The molecule has 0 amide bonds. The van der Waals surface area contributed by atoms with Crippen LogP contribution in [0.1, 0.15) is 77.6 Å². The minimum Gasteiger partial charge on any atom is -0.394 e. The second-order valence-electron chi connectivity index (χ2n) is 15.3. The minimum atomic E-state index is 0.0241. The Bertz CT molecular complexity index is 776. The van der Waals surface area contributed by atoms with Crippen LogP contribution in [0.15, 0.2) is 0 Å². The number of nitrogens with zero attached hydrogens (tertiary/aromatic N) is 1. The maximum atomic E-state index is 8.65. The first-order valence-corrected chi connectivity index (χ1v) is 24.3. The van der Waals surface area contributed by atoms with E-state index in [2.05, 4.69) is 14.0 Å². The number of aliphatic hydroxyl groups is 2. The molecular formula is C46H96NO16+. The molecule has 0 unspecified atom stereocenters. The van der Waals surface area contributed by atoms with Crippen LogP contribution < -0.4 is 0 Å². The SMILES string of the molecule is CCCCCCCCCCCCC[N+](C)(CCOCCOCCOCCOCCOCCOCCOCCO)CCOCCOCCOCCOCCOCCOCCOCCO. The zero-order valence-corrected chi connectivity index (χ0v) is 40.2. The number of rotatable bonds is 58. The summed E-state index contributed by atoms with van der Waals surface area (Å²) in [7, 11) is 2.32. The maximum Gasteiger partial charge on any atom is 0.102 e. The molecule has 0 radical (unpaired) electrons. The van der Waals surface area contributed by atoms with Crippen LogP contribution in [0.5, 0.6) is 0 Å². The molecule has 0 rings (SSSR count). The van der Waals surface area contributed by atoms with Crippen LogP contribution >= 0.6 is 0 Å². The normalized spacial score (nSPS) is 12.0. The summed E-state index contributed by atoms with van der Waals surface area (Å²) in [4.78, 5) is 0. The molecule has 0 saturated carbocycles. The average molecular weight is 919 g/mol. The van der Waals surface area contributed by atoms with Gasteiger partial charge in [0.15, 0.2) is 0 Å². The van der Waals surface area contributed by atoms with Gasteiger partial charge in [-0.05, 0) is 12.8 Å². The van der Waals surface area contributed by atoms with Gasteiger partial charge in [0.25, 0.3) is 0 Å². The van der Waals surface area contributed by atoms with Crippen molar-refractivity contribution in [3.8, 4) is 0 Å². The van der Waals surface area contributed by atoms with Crippen molar-refractivity contribution in [1.29, 1.82) is 0 Å². The predicted octanol–water partition coefficient (Wildman–Crippen LogP) is 3.96. The third-order valence-corrected chi connectivity index (χ3v) is 9.79. The molecule has 17 heteroatoms. The van der Waals surface area contributed by atoms with Crippen molar-refractivity contribution in [2.24, 2.45) is 0 Å². The summed E-state index contributed by atoms with van der Waals surface area (Å²) in [6.07, 6.45) is 14.8. The van der Waals surface area contributed by atoms with E-state index in [1.54, 1.807) is 0 Å². The van der Waals surface area contributed by atoms with E-state index in [9.17, 15) is 0 Å². The molecule has 0 aromatic carbocycles. The van der Waals surface area contributed by atoms with E-state index in [-0.39, 0.29) is 13.2 Å². The van der Waals surface area contributed by atoms with Crippen LogP contribution in [0.25, 0.3) is 0 Å². The van der Waals surface area contributed by atoms with Gasteiger partial charge in [-0.3, -0.25) is 0 Å². The van der Waals surface area contributed by atoms with Crippen LogP contribution in [0.4, 0.5) is 0 Å². The van der Waals surface area contributed by atoms with E-state index >= 15 is 0 Å². The van der Waals surface area contributed by atoms with Crippen molar-refractivity contribution in [2.75, 3.05) is 225 Å². The lowest BCUT2D eigenvalue weighted by atomic mass is 10.1. The van der Waals surface area contributed by atoms with E-state index in [4.69, 9.17) is 76.5 Å². The first kappa shape index (κ1) is 62.3. The van der Waals surface area contributed by atoms with Crippen LogP contribution in [0, 0.1) is 0 Å². The van der Waals surface area contributed by atoms with Gasteiger partial charge < -0.3 is 81.0 Å².